The lowest BCUT2D eigenvalue weighted by atomic mass is 10.1. The standard InChI is InChI=1S/C19H14N4O4S2/c1-10-11(2)29-18(14(10)9-20)22-19(28)21-17(24)16-7-6-15(27-16)12-4-3-5-13(8-12)23(25)26/h3-8H,1-2H3,(H2,21,22,24,28). The maximum atomic E-state index is 12.4. The van der Waals surface area contributed by atoms with Gasteiger partial charge < -0.3 is 9.73 Å². The van der Waals surface area contributed by atoms with Crippen LogP contribution < -0.4 is 10.6 Å². The van der Waals surface area contributed by atoms with Crippen molar-refractivity contribution in [2.45, 2.75) is 13.8 Å². The second-order valence-corrected chi connectivity index (χ2v) is 7.61. The van der Waals surface area contributed by atoms with Crippen LogP contribution in [0.15, 0.2) is 40.8 Å². The average Bonchev–Trinajstić information content (AvgIpc) is 3.27. The normalized spacial score (nSPS) is 10.2. The Morgan fingerprint density at radius 3 is 2.76 bits per heavy atom. The SMILES string of the molecule is Cc1sc(NC(=S)NC(=O)c2ccc(-c3cccc([N+](=O)[O-])c3)o2)c(C#N)c1C. The number of nitriles is 1. The first-order valence-electron chi connectivity index (χ1n) is 8.27. The van der Waals surface area contributed by atoms with Gasteiger partial charge in [-0.25, -0.2) is 0 Å². The number of thiophene rings is 1. The molecule has 0 fully saturated rings. The third kappa shape index (κ3) is 4.31. The highest BCUT2D eigenvalue weighted by Gasteiger charge is 2.17. The van der Waals surface area contributed by atoms with Gasteiger partial charge in [-0.3, -0.25) is 20.2 Å². The zero-order valence-corrected chi connectivity index (χ0v) is 16.9. The number of nitro groups is 1. The lowest BCUT2D eigenvalue weighted by molar-refractivity contribution is -0.384. The molecular weight excluding hydrogens is 412 g/mol. The van der Waals surface area contributed by atoms with E-state index in [1.807, 2.05) is 13.8 Å². The molecule has 0 radical (unpaired) electrons. The van der Waals surface area contributed by atoms with E-state index in [1.165, 1.54) is 35.6 Å². The highest BCUT2D eigenvalue weighted by Crippen LogP contribution is 2.31. The maximum absolute atomic E-state index is 12.4. The minimum absolute atomic E-state index is 0.00490. The van der Waals surface area contributed by atoms with Crippen LogP contribution in [0.25, 0.3) is 11.3 Å². The Hall–Kier alpha value is -3.55. The Morgan fingerprint density at radius 1 is 1.31 bits per heavy atom. The van der Waals surface area contributed by atoms with E-state index in [2.05, 4.69) is 16.7 Å². The number of carbonyl (C=O) groups excluding carboxylic acids is 1. The van der Waals surface area contributed by atoms with Gasteiger partial charge in [0.05, 0.1) is 10.5 Å². The van der Waals surface area contributed by atoms with Crippen LogP contribution in [-0.4, -0.2) is 15.9 Å². The maximum Gasteiger partial charge on any atom is 0.293 e. The Morgan fingerprint density at radius 2 is 2.07 bits per heavy atom. The molecule has 0 saturated heterocycles. The van der Waals surface area contributed by atoms with E-state index in [4.69, 9.17) is 16.6 Å². The highest BCUT2D eigenvalue weighted by molar-refractivity contribution is 7.80. The molecule has 0 unspecified atom stereocenters. The molecule has 3 rings (SSSR count). The fourth-order valence-corrected chi connectivity index (χ4v) is 3.81. The molecule has 1 amide bonds. The number of nitrogens with one attached hydrogen (secondary N) is 2. The largest absolute Gasteiger partial charge is 0.451 e. The van der Waals surface area contributed by atoms with Gasteiger partial charge in [-0.1, -0.05) is 12.1 Å². The van der Waals surface area contributed by atoms with Crippen molar-refractivity contribution in [3.8, 4) is 17.4 Å². The molecule has 0 bridgehead atoms. The van der Waals surface area contributed by atoms with E-state index in [0.29, 0.717) is 21.9 Å². The molecule has 29 heavy (non-hydrogen) atoms. The number of hydrogen-bond donors (Lipinski definition) is 2. The summed E-state index contributed by atoms with van der Waals surface area (Å²) in [6.45, 7) is 3.74. The lowest BCUT2D eigenvalue weighted by Crippen LogP contribution is -2.33. The summed E-state index contributed by atoms with van der Waals surface area (Å²) in [5.74, 6) is -0.272. The Balaban J connectivity index is 1.72. The molecule has 3 aromatic rings. The highest BCUT2D eigenvalue weighted by atomic mass is 32.1. The smallest absolute Gasteiger partial charge is 0.293 e. The molecule has 2 heterocycles. The lowest BCUT2D eigenvalue weighted by Gasteiger charge is -2.07. The number of carbonyl (C=O) groups is 1. The number of furan rings is 1. The Kier molecular flexibility index (Phi) is 5.72. The monoisotopic (exact) mass is 426 g/mol. The first-order valence-corrected chi connectivity index (χ1v) is 9.49. The number of non-ortho nitro benzene ring substituents is 1. The van der Waals surface area contributed by atoms with Gasteiger partial charge in [0.25, 0.3) is 11.6 Å². The van der Waals surface area contributed by atoms with Crippen molar-refractivity contribution >= 4 is 45.3 Å². The molecule has 146 valence electrons. The van der Waals surface area contributed by atoms with Crippen LogP contribution in [-0.2, 0) is 0 Å². The van der Waals surface area contributed by atoms with E-state index < -0.39 is 10.8 Å². The molecule has 1 aromatic carbocycles. The molecule has 2 N–H and O–H groups in total. The average molecular weight is 426 g/mol. The summed E-state index contributed by atoms with van der Waals surface area (Å²) in [5.41, 5.74) is 1.74. The van der Waals surface area contributed by atoms with Crippen LogP contribution in [0.5, 0.6) is 0 Å². The summed E-state index contributed by atoms with van der Waals surface area (Å²) in [4.78, 5) is 23.8. The molecule has 0 atom stereocenters. The van der Waals surface area contributed by atoms with E-state index in [-0.39, 0.29) is 16.6 Å². The van der Waals surface area contributed by atoms with Gasteiger partial charge in [0, 0.05) is 22.6 Å². The number of benzene rings is 1. The quantitative estimate of drug-likeness (QED) is 0.357. The second-order valence-electron chi connectivity index (χ2n) is 5.98. The van der Waals surface area contributed by atoms with Crippen LogP contribution in [0.3, 0.4) is 0 Å². The van der Waals surface area contributed by atoms with Crippen LogP contribution in [0.2, 0.25) is 0 Å². The van der Waals surface area contributed by atoms with Gasteiger partial charge in [0.2, 0.25) is 0 Å². The van der Waals surface area contributed by atoms with Crippen LogP contribution in [0.4, 0.5) is 10.7 Å². The minimum Gasteiger partial charge on any atom is -0.451 e. The number of aryl methyl sites for hydroxylation is 1. The predicted molar refractivity (Wildman–Crippen MR) is 113 cm³/mol. The molecule has 10 heteroatoms. The van der Waals surface area contributed by atoms with Crippen molar-refractivity contribution < 1.29 is 14.1 Å². The first kappa shape index (κ1) is 20.2. The summed E-state index contributed by atoms with van der Waals surface area (Å²) >= 11 is 6.53. The molecular formula is C19H14N4O4S2. The second kappa shape index (κ2) is 8.22. The fourth-order valence-electron chi connectivity index (χ4n) is 2.54. The summed E-state index contributed by atoms with van der Waals surface area (Å²) in [5, 5.41) is 26.1. The van der Waals surface area contributed by atoms with Crippen molar-refractivity contribution in [2.75, 3.05) is 5.32 Å². The topological polar surface area (TPSA) is 121 Å². The predicted octanol–water partition coefficient (Wildman–Crippen LogP) is 4.53. The van der Waals surface area contributed by atoms with Crippen LogP contribution in [0, 0.1) is 35.3 Å². The Labute approximate surface area is 174 Å². The number of thiocarbonyl (C=S) groups is 1. The van der Waals surface area contributed by atoms with E-state index in [1.54, 1.807) is 12.1 Å². The van der Waals surface area contributed by atoms with Gasteiger partial charge >= 0.3 is 0 Å². The number of rotatable bonds is 4. The van der Waals surface area contributed by atoms with Crippen molar-refractivity contribution in [2.24, 2.45) is 0 Å². The molecule has 8 nitrogen and oxygen atoms in total. The van der Waals surface area contributed by atoms with E-state index in [0.717, 1.165) is 10.4 Å². The first-order chi connectivity index (χ1) is 13.8. The van der Waals surface area contributed by atoms with E-state index in [9.17, 15) is 20.2 Å². The van der Waals surface area contributed by atoms with Gasteiger partial charge in [0.15, 0.2) is 10.9 Å². The molecule has 0 aliphatic rings. The molecule has 2 aromatic heterocycles. The van der Waals surface area contributed by atoms with Gasteiger partial charge in [-0.2, -0.15) is 5.26 Å². The number of nitro benzene ring substituents is 1. The zero-order chi connectivity index (χ0) is 21.1. The van der Waals surface area contributed by atoms with Crippen molar-refractivity contribution in [1.29, 1.82) is 5.26 Å². The summed E-state index contributed by atoms with van der Waals surface area (Å²) in [6, 6.07) is 11.0. The van der Waals surface area contributed by atoms with Crippen molar-refractivity contribution in [1.82, 2.24) is 5.32 Å². The van der Waals surface area contributed by atoms with Crippen molar-refractivity contribution in [3.05, 3.63) is 68.3 Å². The number of anilines is 1. The molecule has 0 saturated carbocycles. The third-order valence-electron chi connectivity index (χ3n) is 4.12. The number of nitrogens with zero attached hydrogens (tertiary/aromatic N) is 2. The minimum atomic E-state index is -0.581. The summed E-state index contributed by atoms with van der Waals surface area (Å²) in [6.07, 6.45) is 0. The summed E-state index contributed by atoms with van der Waals surface area (Å²) in [7, 11) is 0. The van der Waals surface area contributed by atoms with Gasteiger partial charge in [0.1, 0.15) is 16.8 Å². The van der Waals surface area contributed by atoms with Gasteiger partial charge in [-0.05, 0) is 43.8 Å². The van der Waals surface area contributed by atoms with Crippen LogP contribution >= 0.6 is 23.6 Å². The van der Waals surface area contributed by atoms with Crippen LogP contribution in [0.1, 0.15) is 26.6 Å². The van der Waals surface area contributed by atoms with Gasteiger partial charge in [-0.15, -0.1) is 11.3 Å². The third-order valence-corrected chi connectivity index (χ3v) is 5.45. The molecule has 0 aliphatic carbocycles. The number of amides is 1. The van der Waals surface area contributed by atoms with Crippen molar-refractivity contribution in [3.63, 3.8) is 0 Å². The Bertz CT molecular complexity index is 1170. The molecule has 0 spiro atoms. The zero-order valence-electron chi connectivity index (χ0n) is 15.3. The fraction of sp³-hybridized carbons (Fsp3) is 0.105. The molecule has 0 aliphatic heterocycles. The summed E-state index contributed by atoms with van der Waals surface area (Å²) < 4.78 is 5.51. The van der Waals surface area contributed by atoms with E-state index >= 15 is 0 Å². The number of hydrogen-bond acceptors (Lipinski definition) is 7.